The molecule has 2 nitrogen and oxygen atoms in total. The van der Waals surface area contributed by atoms with Crippen molar-refractivity contribution in [3.8, 4) is 0 Å². The molecule has 5 rings (SSSR count). The van der Waals surface area contributed by atoms with Crippen LogP contribution in [0.5, 0.6) is 0 Å². The Morgan fingerprint density at radius 2 is 1.43 bits per heavy atom. The maximum absolute atomic E-state index is 11.5. The predicted octanol–water partition coefficient (Wildman–Crippen LogP) is 12.3. The molecule has 0 heterocycles. The lowest BCUT2D eigenvalue weighted by Gasteiger charge is -2.51. The number of fused-ring (bicyclic) bond motifs is 5. The lowest BCUT2D eigenvalue weighted by atomic mass is 9.54. The van der Waals surface area contributed by atoms with Crippen LogP contribution >= 0.6 is 0 Å². The van der Waals surface area contributed by atoms with Crippen LogP contribution in [-0.2, 0) is 9.53 Å². The molecular weight excluding hydrogens is 488 g/mol. The van der Waals surface area contributed by atoms with E-state index in [0.717, 1.165) is 36.0 Å². The van der Waals surface area contributed by atoms with E-state index in [-0.39, 0.29) is 19.5 Å². The second kappa shape index (κ2) is 22.3. The average Bonchev–Trinajstić information content (AvgIpc) is 3.36. The van der Waals surface area contributed by atoms with E-state index in [9.17, 15) is 4.79 Å². The van der Waals surface area contributed by atoms with Gasteiger partial charge in [0.05, 0.1) is 0 Å². The Labute approximate surface area is 251 Å². The van der Waals surface area contributed by atoms with E-state index in [4.69, 9.17) is 4.74 Å². The number of esters is 1. The molecule has 0 saturated heterocycles. The highest BCUT2D eigenvalue weighted by molar-refractivity contribution is 5.66. The standard InChI is InChI=1S/C21H32O2.C10H18.2C2H6.C2H4.CH4/c1-3-15-17-10-11-18-16-7-5-4-6-14(16)8-9-19(18)20(17)12-21(15)23-13(2)22;1-2-3-7-10-8-5-4-6-9-10;3*1-2;/h3,14,16-21H,4-12H2,1-2H3;7H,2-6,8-9H2,1H3;2*1-2H3;1-2H2;1H4/b15-3-;;;;;. The van der Waals surface area contributed by atoms with E-state index in [1.165, 1.54) is 102 Å². The average molecular weight is 559 g/mol. The van der Waals surface area contributed by atoms with Crippen LogP contribution in [0.4, 0.5) is 0 Å². The Balaban J connectivity index is 0.000000757. The summed E-state index contributed by atoms with van der Waals surface area (Å²) in [6.07, 6.45) is 27.2. The number of carbonyl (C=O) groups excluding carboxylic acids is 1. The van der Waals surface area contributed by atoms with Gasteiger partial charge in [0.2, 0.25) is 0 Å². The molecule has 0 spiro atoms. The van der Waals surface area contributed by atoms with Crippen molar-refractivity contribution in [2.24, 2.45) is 35.5 Å². The van der Waals surface area contributed by atoms with Crippen molar-refractivity contribution < 1.29 is 9.53 Å². The molecule has 5 fully saturated rings. The molecule has 5 saturated carbocycles. The van der Waals surface area contributed by atoms with Gasteiger partial charge in [-0.3, -0.25) is 4.79 Å². The van der Waals surface area contributed by atoms with Crippen LogP contribution in [0, 0.1) is 35.5 Å². The van der Waals surface area contributed by atoms with Crippen molar-refractivity contribution in [1.82, 2.24) is 0 Å². The van der Waals surface area contributed by atoms with Gasteiger partial charge >= 0.3 is 5.97 Å². The Kier molecular flexibility index (Phi) is 21.6. The molecule has 2 heteroatoms. The fourth-order valence-corrected chi connectivity index (χ4v) is 8.59. The maximum Gasteiger partial charge on any atom is 0.303 e. The fourth-order valence-electron chi connectivity index (χ4n) is 8.59. The summed E-state index contributed by atoms with van der Waals surface area (Å²) in [4.78, 5) is 11.5. The minimum Gasteiger partial charge on any atom is -0.458 e. The summed E-state index contributed by atoms with van der Waals surface area (Å²) in [5, 5.41) is 0. The third-order valence-electron chi connectivity index (χ3n) is 9.96. The molecule has 0 aromatic rings. The number of carbonyl (C=O) groups is 1. The number of unbranched alkanes of at least 4 members (excludes halogenated alkanes) is 1. The third kappa shape index (κ3) is 10.8. The van der Waals surface area contributed by atoms with Gasteiger partial charge in [-0.2, -0.15) is 0 Å². The minimum atomic E-state index is -0.111. The lowest BCUT2D eigenvalue weighted by molar-refractivity contribution is -0.144. The lowest BCUT2D eigenvalue weighted by Crippen LogP contribution is -2.43. The molecule has 7 unspecified atom stereocenters. The highest BCUT2D eigenvalue weighted by atomic mass is 16.5. The normalized spacial score (nSPS) is 32.5. The molecule has 5 aliphatic rings. The fraction of sp³-hybridized carbons (Fsp3) is 0.816. The van der Waals surface area contributed by atoms with E-state index >= 15 is 0 Å². The SMILES string of the molecule is C.C/C=C1\C(OC(C)=O)CC2C1CCC1C3CCCCC3CCC21.C=C.CC.CC.CCCC=C1CCCCC1. The number of rotatable bonds is 3. The summed E-state index contributed by atoms with van der Waals surface area (Å²) in [5.41, 5.74) is 3.17. The molecule has 0 aromatic carbocycles. The van der Waals surface area contributed by atoms with E-state index in [1.54, 1.807) is 12.5 Å². The van der Waals surface area contributed by atoms with Gasteiger partial charge in [0.15, 0.2) is 0 Å². The first kappa shape index (κ1) is 38.7. The molecule has 0 aliphatic heterocycles. The number of hydrogen-bond acceptors (Lipinski definition) is 2. The van der Waals surface area contributed by atoms with Crippen molar-refractivity contribution in [2.75, 3.05) is 0 Å². The highest BCUT2D eigenvalue weighted by Crippen LogP contribution is 2.59. The first-order valence-corrected chi connectivity index (χ1v) is 17.1. The molecule has 5 aliphatic carbocycles. The summed E-state index contributed by atoms with van der Waals surface area (Å²) in [6, 6.07) is 0. The molecule has 0 N–H and O–H groups in total. The number of ether oxygens (including phenoxy) is 1. The summed E-state index contributed by atoms with van der Waals surface area (Å²) < 4.78 is 5.69. The molecule has 7 atom stereocenters. The topological polar surface area (TPSA) is 26.3 Å². The van der Waals surface area contributed by atoms with Crippen molar-refractivity contribution >= 4 is 5.97 Å². The Hall–Kier alpha value is -1.31. The smallest absolute Gasteiger partial charge is 0.303 e. The zero-order chi connectivity index (χ0) is 29.2. The van der Waals surface area contributed by atoms with Crippen molar-refractivity contribution in [3.05, 3.63) is 36.5 Å². The molecule has 234 valence electrons. The molecule has 0 bridgehead atoms. The Bertz CT molecular complexity index is 711. The van der Waals surface area contributed by atoms with Gasteiger partial charge in [-0.25, -0.2) is 0 Å². The first-order chi connectivity index (χ1) is 19.1. The third-order valence-corrected chi connectivity index (χ3v) is 9.96. The van der Waals surface area contributed by atoms with Crippen LogP contribution in [0.3, 0.4) is 0 Å². The van der Waals surface area contributed by atoms with E-state index in [2.05, 4.69) is 39.2 Å². The predicted molar refractivity (Wildman–Crippen MR) is 179 cm³/mol. The van der Waals surface area contributed by atoms with Crippen LogP contribution in [0.2, 0.25) is 0 Å². The molecule has 0 amide bonds. The van der Waals surface area contributed by atoms with Crippen molar-refractivity contribution in [3.63, 3.8) is 0 Å². The summed E-state index contributed by atoms with van der Waals surface area (Å²) in [6.45, 7) is 19.9. The van der Waals surface area contributed by atoms with Gasteiger partial charge in [-0.05, 0) is 119 Å². The highest BCUT2D eigenvalue weighted by Gasteiger charge is 2.52. The van der Waals surface area contributed by atoms with Crippen LogP contribution in [0.1, 0.15) is 159 Å². The zero-order valence-electron chi connectivity index (χ0n) is 27.2. The Morgan fingerprint density at radius 1 is 0.825 bits per heavy atom. The second-order valence-electron chi connectivity index (χ2n) is 11.8. The molecule has 40 heavy (non-hydrogen) atoms. The van der Waals surface area contributed by atoms with Gasteiger partial charge in [-0.15, -0.1) is 13.2 Å². The van der Waals surface area contributed by atoms with Crippen LogP contribution in [0.15, 0.2) is 36.5 Å². The summed E-state index contributed by atoms with van der Waals surface area (Å²) in [5.74, 6) is 5.31. The van der Waals surface area contributed by atoms with Crippen LogP contribution < -0.4 is 0 Å². The van der Waals surface area contributed by atoms with Crippen LogP contribution in [-0.4, -0.2) is 12.1 Å². The minimum absolute atomic E-state index is 0. The van der Waals surface area contributed by atoms with Gasteiger partial charge in [0.25, 0.3) is 0 Å². The number of allylic oxidation sites excluding steroid dienone is 3. The van der Waals surface area contributed by atoms with Crippen LogP contribution in [0.25, 0.3) is 0 Å². The van der Waals surface area contributed by atoms with Gasteiger partial charge in [-0.1, -0.05) is 91.9 Å². The van der Waals surface area contributed by atoms with E-state index in [0.29, 0.717) is 5.92 Å². The molecule has 0 aromatic heterocycles. The van der Waals surface area contributed by atoms with E-state index < -0.39 is 0 Å². The van der Waals surface area contributed by atoms with Gasteiger partial charge in [0, 0.05) is 6.92 Å². The van der Waals surface area contributed by atoms with Crippen molar-refractivity contribution in [2.45, 2.75) is 165 Å². The monoisotopic (exact) mass is 559 g/mol. The Morgan fingerprint density at radius 3 is 2.02 bits per heavy atom. The number of hydrogen-bond donors (Lipinski definition) is 0. The van der Waals surface area contributed by atoms with E-state index in [1.807, 2.05) is 27.7 Å². The molecule has 0 radical (unpaired) electrons. The second-order valence-corrected chi connectivity index (χ2v) is 11.8. The van der Waals surface area contributed by atoms with Gasteiger partial charge in [0.1, 0.15) is 6.10 Å². The van der Waals surface area contributed by atoms with Gasteiger partial charge < -0.3 is 4.74 Å². The van der Waals surface area contributed by atoms with Crippen molar-refractivity contribution in [1.29, 1.82) is 0 Å². The maximum atomic E-state index is 11.5. The molecular formula is C38H70O2. The summed E-state index contributed by atoms with van der Waals surface area (Å²) in [7, 11) is 0. The zero-order valence-corrected chi connectivity index (χ0v) is 27.2. The summed E-state index contributed by atoms with van der Waals surface area (Å²) >= 11 is 0. The first-order valence-electron chi connectivity index (χ1n) is 17.1. The largest absolute Gasteiger partial charge is 0.458 e. The quantitative estimate of drug-likeness (QED) is 0.254.